The Hall–Kier alpha value is -3.92. The third kappa shape index (κ3) is 5.72. The number of benzene rings is 4. The van der Waals surface area contributed by atoms with E-state index in [1.54, 1.807) is 0 Å². The molecule has 0 saturated heterocycles. The van der Waals surface area contributed by atoms with Crippen molar-refractivity contribution in [1.82, 2.24) is 0 Å². The highest BCUT2D eigenvalue weighted by atomic mass is 16.5. The van der Waals surface area contributed by atoms with Crippen LogP contribution in [-0.2, 0) is 5.41 Å². The van der Waals surface area contributed by atoms with Crippen molar-refractivity contribution >= 4 is 11.4 Å². The van der Waals surface area contributed by atoms with Crippen LogP contribution in [0.25, 0.3) is 0 Å². The van der Waals surface area contributed by atoms with Crippen molar-refractivity contribution < 1.29 is 9.47 Å². The lowest BCUT2D eigenvalue weighted by atomic mass is 9.71. The van der Waals surface area contributed by atoms with Crippen molar-refractivity contribution in [3.05, 3.63) is 107 Å². The molecule has 4 heteroatoms. The molecule has 222 valence electrons. The maximum Gasteiger partial charge on any atom is 0.130 e. The highest BCUT2D eigenvalue weighted by Gasteiger charge is 2.39. The smallest absolute Gasteiger partial charge is 0.130 e. The fraction of sp³-hybridized carbons (Fsp3) is 0.385. The molecule has 0 aliphatic heterocycles. The average molecular weight is 573 g/mol. The number of rotatable bonds is 8. The van der Waals surface area contributed by atoms with Gasteiger partial charge in [-0.1, -0.05) is 74.9 Å². The predicted molar refractivity (Wildman–Crippen MR) is 176 cm³/mol. The Bertz CT molecular complexity index is 1460. The molecular weight excluding hydrogens is 528 g/mol. The molecule has 0 radical (unpaired) electrons. The van der Waals surface area contributed by atoms with Gasteiger partial charge < -0.3 is 20.9 Å². The minimum absolute atomic E-state index is 0.00607. The molecule has 4 aromatic carbocycles. The quantitative estimate of drug-likeness (QED) is 0.206. The van der Waals surface area contributed by atoms with Crippen LogP contribution >= 0.6 is 0 Å². The van der Waals surface area contributed by atoms with Crippen molar-refractivity contribution in [2.75, 3.05) is 11.5 Å². The fourth-order valence-corrected chi connectivity index (χ4v) is 8.12. The zero-order chi connectivity index (χ0) is 29.2. The van der Waals surface area contributed by atoms with Gasteiger partial charge >= 0.3 is 0 Å². The van der Waals surface area contributed by atoms with Crippen molar-refractivity contribution in [2.24, 2.45) is 0 Å². The van der Waals surface area contributed by atoms with Gasteiger partial charge in [-0.3, -0.25) is 0 Å². The lowest BCUT2D eigenvalue weighted by Gasteiger charge is -2.33. The van der Waals surface area contributed by atoms with Gasteiger partial charge in [-0.05, 0) is 109 Å². The van der Waals surface area contributed by atoms with E-state index in [1.807, 2.05) is 48.5 Å². The van der Waals surface area contributed by atoms with Gasteiger partial charge in [0.15, 0.2) is 0 Å². The van der Waals surface area contributed by atoms with E-state index in [0.29, 0.717) is 11.8 Å². The lowest BCUT2D eigenvalue weighted by molar-refractivity contribution is 0.464. The highest BCUT2D eigenvalue weighted by Crippen LogP contribution is 2.51. The Morgan fingerprint density at radius 3 is 1.37 bits per heavy atom. The van der Waals surface area contributed by atoms with Crippen molar-refractivity contribution in [1.29, 1.82) is 0 Å². The van der Waals surface area contributed by atoms with Gasteiger partial charge in [-0.25, -0.2) is 0 Å². The van der Waals surface area contributed by atoms with Crippen LogP contribution in [0.2, 0.25) is 0 Å². The Kier molecular flexibility index (Phi) is 7.78. The second-order valence-corrected chi connectivity index (χ2v) is 13.1. The van der Waals surface area contributed by atoms with Crippen molar-refractivity contribution in [3.63, 3.8) is 0 Å². The van der Waals surface area contributed by atoms with E-state index in [2.05, 4.69) is 36.4 Å². The molecule has 0 atom stereocenters. The van der Waals surface area contributed by atoms with Gasteiger partial charge in [0.1, 0.15) is 23.0 Å². The zero-order valence-electron chi connectivity index (χ0n) is 25.2. The monoisotopic (exact) mass is 572 g/mol. The van der Waals surface area contributed by atoms with E-state index in [9.17, 15) is 0 Å². The SMILES string of the molecule is Nc1cccc(Oc2ccc(C3(c4ccc(Oc5cccc(N)c5)c(C5CCCC5)c4)CCCC3)cc2C2CCCC2)c1. The number of anilines is 2. The molecule has 43 heavy (non-hydrogen) atoms. The standard InChI is InChI=1S/C39H44N2O2/c40-31-13-7-15-33(25-31)42-37-19-17-29(23-35(37)27-9-1-2-10-27)39(21-5-6-22-39)30-18-20-38(36(24-30)28-11-3-4-12-28)43-34-16-8-14-32(41)26-34/h7-8,13-20,23-28H,1-6,9-12,21-22,40-41H2. The van der Waals surface area contributed by atoms with Gasteiger partial charge in [0.2, 0.25) is 0 Å². The second kappa shape index (κ2) is 12.0. The first-order chi connectivity index (χ1) is 21.1. The number of nitrogen functional groups attached to an aromatic ring is 2. The van der Waals surface area contributed by atoms with E-state index < -0.39 is 0 Å². The zero-order valence-corrected chi connectivity index (χ0v) is 25.2. The number of ether oxygens (including phenoxy) is 2. The van der Waals surface area contributed by atoms with Crippen LogP contribution in [0.4, 0.5) is 11.4 Å². The first-order valence-electron chi connectivity index (χ1n) is 16.4. The van der Waals surface area contributed by atoms with Crippen LogP contribution in [0, 0.1) is 0 Å². The lowest BCUT2D eigenvalue weighted by Crippen LogP contribution is -2.24. The topological polar surface area (TPSA) is 70.5 Å². The molecular formula is C39H44N2O2. The Balaban J connectivity index is 1.29. The van der Waals surface area contributed by atoms with E-state index in [4.69, 9.17) is 20.9 Å². The molecule has 0 unspecified atom stereocenters. The first-order valence-corrected chi connectivity index (χ1v) is 16.4. The third-order valence-electron chi connectivity index (χ3n) is 10.3. The average Bonchev–Trinajstić information content (AvgIpc) is 3.82. The molecule has 3 saturated carbocycles. The molecule has 3 fully saturated rings. The van der Waals surface area contributed by atoms with Crippen molar-refractivity contribution in [3.8, 4) is 23.0 Å². The number of hydrogen-bond donors (Lipinski definition) is 2. The van der Waals surface area contributed by atoms with Gasteiger partial charge in [-0.15, -0.1) is 0 Å². The molecule has 3 aliphatic carbocycles. The van der Waals surface area contributed by atoms with Crippen LogP contribution in [-0.4, -0.2) is 0 Å². The summed E-state index contributed by atoms with van der Waals surface area (Å²) < 4.78 is 13.0. The Morgan fingerprint density at radius 1 is 0.512 bits per heavy atom. The minimum atomic E-state index is 0.00607. The summed E-state index contributed by atoms with van der Waals surface area (Å²) in [6.45, 7) is 0. The number of nitrogens with two attached hydrogens (primary N) is 2. The summed E-state index contributed by atoms with van der Waals surface area (Å²) >= 11 is 0. The molecule has 4 nitrogen and oxygen atoms in total. The van der Waals surface area contributed by atoms with Crippen LogP contribution in [0.1, 0.15) is 111 Å². The highest BCUT2D eigenvalue weighted by molar-refractivity contribution is 5.54. The molecule has 7 rings (SSSR count). The third-order valence-corrected chi connectivity index (χ3v) is 10.3. The van der Waals surface area contributed by atoms with E-state index in [-0.39, 0.29) is 5.41 Å². The van der Waals surface area contributed by atoms with Crippen molar-refractivity contribution in [2.45, 2.75) is 94.3 Å². The summed E-state index contributed by atoms with van der Waals surface area (Å²) in [5.74, 6) is 4.65. The normalized spacial score (nSPS) is 18.7. The van der Waals surface area contributed by atoms with Gasteiger partial charge in [0.25, 0.3) is 0 Å². The maximum atomic E-state index is 6.52. The van der Waals surface area contributed by atoms with Crippen LogP contribution in [0.15, 0.2) is 84.9 Å². The van der Waals surface area contributed by atoms with Crippen LogP contribution < -0.4 is 20.9 Å². The summed E-state index contributed by atoms with van der Waals surface area (Å²) in [6, 6.07) is 29.8. The summed E-state index contributed by atoms with van der Waals surface area (Å²) in [5.41, 5.74) is 19.2. The summed E-state index contributed by atoms with van der Waals surface area (Å²) in [5, 5.41) is 0. The van der Waals surface area contributed by atoms with Gasteiger partial charge in [0, 0.05) is 28.9 Å². The fourth-order valence-electron chi connectivity index (χ4n) is 8.12. The van der Waals surface area contributed by atoms with Gasteiger partial charge in [0.05, 0.1) is 0 Å². The molecule has 4 N–H and O–H groups in total. The largest absolute Gasteiger partial charge is 0.457 e. The summed E-state index contributed by atoms with van der Waals surface area (Å²) in [6.07, 6.45) is 14.9. The summed E-state index contributed by atoms with van der Waals surface area (Å²) in [4.78, 5) is 0. The maximum absolute atomic E-state index is 6.52. The molecule has 0 amide bonds. The van der Waals surface area contributed by atoms with E-state index in [1.165, 1.54) is 99.3 Å². The van der Waals surface area contributed by atoms with Crippen LogP contribution in [0.5, 0.6) is 23.0 Å². The summed E-state index contributed by atoms with van der Waals surface area (Å²) in [7, 11) is 0. The number of hydrogen-bond acceptors (Lipinski definition) is 4. The van der Waals surface area contributed by atoms with Crippen LogP contribution in [0.3, 0.4) is 0 Å². The molecule has 3 aliphatic rings. The molecule has 0 spiro atoms. The van der Waals surface area contributed by atoms with E-state index >= 15 is 0 Å². The van der Waals surface area contributed by atoms with Gasteiger partial charge in [-0.2, -0.15) is 0 Å². The molecule has 0 aromatic heterocycles. The Morgan fingerprint density at radius 2 is 0.953 bits per heavy atom. The molecule has 4 aromatic rings. The minimum Gasteiger partial charge on any atom is -0.457 e. The Labute approximate surface area is 256 Å². The predicted octanol–water partition coefficient (Wildman–Crippen LogP) is 10.6. The second-order valence-electron chi connectivity index (χ2n) is 13.1. The molecule has 0 heterocycles. The molecule has 0 bridgehead atoms. The van der Waals surface area contributed by atoms with E-state index in [0.717, 1.165) is 34.4 Å². The first kappa shape index (κ1) is 27.9.